The van der Waals surface area contributed by atoms with Gasteiger partial charge in [0.2, 0.25) is 0 Å². The normalized spacial score (nSPS) is 19.6. The number of likely N-dealkylation sites (N-methyl/N-ethyl adjacent to an activating group) is 1. The Morgan fingerprint density at radius 1 is 1.48 bits per heavy atom. The molecule has 1 amide bonds. The van der Waals surface area contributed by atoms with Crippen LogP contribution in [0.3, 0.4) is 0 Å². The molecule has 116 valence electrons. The van der Waals surface area contributed by atoms with Crippen molar-refractivity contribution in [1.82, 2.24) is 14.8 Å². The number of halogens is 1. The molecule has 6 heteroatoms. The van der Waals surface area contributed by atoms with Gasteiger partial charge in [0.1, 0.15) is 11.0 Å². The van der Waals surface area contributed by atoms with Crippen molar-refractivity contribution in [3.8, 4) is 0 Å². The summed E-state index contributed by atoms with van der Waals surface area (Å²) in [5, 5.41) is 3.53. The summed E-state index contributed by atoms with van der Waals surface area (Å²) in [6.45, 7) is 7.50. The Morgan fingerprint density at radius 3 is 2.90 bits per heavy atom. The maximum Gasteiger partial charge on any atom is 0.254 e. The quantitative estimate of drug-likeness (QED) is 0.867. The number of carbonyl (C=O) groups excluding carboxylic acids is 1. The number of hydrogen-bond acceptors (Lipinski definition) is 4. The third-order valence-corrected chi connectivity index (χ3v) is 3.88. The van der Waals surface area contributed by atoms with Crippen molar-refractivity contribution in [1.29, 1.82) is 0 Å². The van der Waals surface area contributed by atoms with Gasteiger partial charge in [-0.25, -0.2) is 4.98 Å². The monoisotopic (exact) mass is 310 g/mol. The summed E-state index contributed by atoms with van der Waals surface area (Å²) in [5.41, 5.74) is 0.602. The van der Waals surface area contributed by atoms with Gasteiger partial charge in [-0.15, -0.1) is 0 Å². The van der Waals surface area contributed by atoms with Gasteiger partial charge >= 0.3 is 0 Å². The fraction of sp³-hybridized carbons (Fsp3) is 0.600. The summed E-state index contributed by atoms with van der Waals surface area (Å²) < 4.78 is 0. The Hall–Kier alpha value is -1.33. The third kappa shape index (κ3) is 4.08. The van der Waals surface area contributed by atoms with Gasteiger partial charge in [0, 0.05) is 37.8 Å². The summed E-state index contributed by atoms with van der Waals surface area (Å²) in [5.74, 6) is 0.689. The lowest BCUT2D eigenvalue weighted by Crippen LogP contribution is -2.52. The second kappa shape index (κ2) is 7.09. The average Bonchev–Trinajstić information content (AvgIpc) is 2.44. The van der Waals surface area contributed by atoms with E-state index < -0.39 is 0 Å². The Kier molecular flexibility index (Phi) is 5.42. The van der Waals surface area contributed by atoms with Crippen LogP contribution >= 0.6 is 11.6 Å². The van der Waals surface area contributed by atoms with Crippen molar-refractivity contribution < 1.29 is 4.79 Å². The minimum Gasteiger partial charge on any atom is -0.370 e. The second-order valence-corrected chi connectivity index (χ2v) is 5.99. The van der Waals surface area contributed by atoms with Crippen LogP contribution in [0.4, 0.5) is 5.82 Å². The smallest absolute Gasteiger partial charge is 0.254 e. The number of pyridine rings is 1. The molecule has 1 fully saturated rings. The molecule has 0 radical (unpaired) electrons. The van der Waals surface area contributed by atoms with E-state index in [0.29, 0.717) is 16.5 Å². The molecule has 1 unspecified atom stereocenters. The molecule has 0 spiro atoms. The Bertz CT molecular complexity index is 508. The largest absolute Gasteiger partial charge is 0.370 e. The predicted molar refractivity (Wildman–Crippen MR) is 86.0 cm³/mol. The van der Waals surface area contributed by atoms with Gasteiger partial charge in [-0.3, -0.25) is 4.79 Å². The SMILES string of the molecule is CCCNc1cc(C(=O)N2CCN(C)CC2C)cc(Cl)n1. The molecule has 0 aliphatic carbocycles. The van der Waals surface area contributed by atoms with Crippen LogP contribution in [-0.2, 0) is 0 Å². The fourth-order valence-corrected chi connectivity index (χ4v) is 2.78. The van der Waals surface area contributed by atoms with Gasteiger partial charge < -0.3 is 15.1 Å². The molecule has 1 aliphatic rings. The van der Waals surface area contributed by atoms with Crippen molar-refractivity contribution in [3.05, 3.63) is 22.8 Å². The fourth-order valence-electron chi connectivity index (χ4n) is 2.57. The molecule has 1 aromatic rings. The Balaban J connectivity index is 2.16. The highest BCUT2D eigenvalue weighted by Crippen LogP contribution is 2.19. The van der Waals surface area contributed by atoms with Crippen molar-refractivity contribution in [2.75, 3.05) is 38.5 Å². The first kappa shape index (κ1) is 16.0. The lowest BCUT2D eigenvalue weighted by molar-refractivity contribution is 0.0533. The molecule has 1 N–H and O–H groups in total. The molecular formula is C15H23ClN4O. The lowest BCUT2D eigenvalue weighted by atomic mass is 10.1. The van der Waals surface area contributed by atoms with Gasteiger partial charge in [0.05, 0.1) is 0 Å². The zero-order valence-corrected chi connectivity index (χ0v) is 13.7. The number of nitrogens with one attached hydrogen (secondary N) is 1. The molecular weight excluding hydrogens is 288 g/mol. The Morgan fingerprint density at radius 2 is 2.24 bits per heavy atom. The number of nitrogens with zero attached hydrogens (tertiary/aromatic N) is 3. The van der Waals surface area contributed by atoms with Gasteiger partial charge in [-0.05, 0) is 32.5 Å². The highest BCUT2D eigenvalue weighted by Gasteiger charge is 2.27. The zero-order valence-electron chi connectivity index (χ0n) is 12.9. The molecule has 1 atom stereocenters. The maximum atomic E-state index is 12.7. The third-order valence-electron chi connectivity index (χ3n) is 3.69. The zero-order chi connectivity index (χ0) is 15.4. The minimum absolute atomic E-state index is 0.0273. The maximum absolute atomic E-state index is 12.7. The summed E-state index contributed by atoms with van der Waals surface area (Å²) in [7, 11) is 2.08. The van der Waals surface area contributed by atoms with Crippen molar-refractivity contribution in [2.24, 2.45) is 0 Å². The van der Waals surface area contributed by atoms with Crippen LogP contribution in [0, 0.1) is 0 Å². The van der Waals surface area contributed by atoms with Crippen molar-refractivity contribution in [2.45, 2.75) is 26.3 Å². The summed E-state index contributed by atoms with van der Waals surface area (Å²) in [6.07, 6.45) is 0.993. The van der Waals surface area contributed by atoms with E-state index >= 15 is 0 Å². The van der Waals surface area contributed by atoms with Crippen LogP contribution in [0.25, 0.3) is 0 Å². The predicted octanol–water partition coefficient (Wildman–Crippen LogP) is 2.33. The van der Waals surface area contributed by atoms with Crippen LogP contribution in [0.15, 0.2) is 12.1 Å². The van der Waals surface area contributed by atoms with E-state index in [9.17, 15) is 4.79 Å². The van der Waals surface area contributed by atoms with E-state index in [1.165, 1.54) is 0 Å². The summed E-state index contributed by atoms with van der Waals surface area (Å²) in [4.78, 5) is 21.0. The Labute approximate surface area is 131 Å². The van der Waals surface area contributed by atoms with Crippen LogP contribution in [0.2, 0.25) is 5.15 Å². The minimum atomic E-state index is 0.0273. The van der Waals surface area contributed by atoms with E-state index in [0.717, 1.165) is 32.6 Å². The van der Waals surface area contributed by atoms with E-state index in [4.69, 9.17) is 11.6 Å². The molecule has 0 aromatic carbocycles. The standard InChI is InChI=1S/C15H23ClN4O/c1-4-5-17-14-9-12(8-13(16)18-14)15(21)20-7-6-19(3)10-11(20)2/h8-9,11H,4-7,10H2,1-3H3,(H,17,18). The average molecular weight is 311 g/mol. The highest BCUT2D eigenvalue weighted by atomic mass is 35.5. The molecule has 0 bridgehead atoms. The van der Waals surface area contributed by atoms with Gasteiger partial charge in [0.15, 0.2) is 0 Å². The first-order valence-corrected chi connectivity index (χ1v) is 7.80. The number of hydrogen-bond donors (Lipinski definition) is 1. The van der Waals surface area contributed by atoms with E-state index in [1.807, 2.05) is 4.90 Å². The molecule has 2 rings (SSSR count). The molecule has 2 heterocycles. The van der Waals surface area contributed by atoms with E-state index in [2.05, 4.69) is 36.1 Å². The van der Waals surface area contributed by atoms with Crippen molar-refractivity contribution >= 4 is 23.3 Å². The van der Waals surface area contributed by atoms with E-state index in [1.54, 1.807) is 12.1 Å². The summed E-state index contributed by atoms with van der Waals surface area (Å²) >= 11 is 6.04. The molecule has 1 aromatic heterocycles. The number of rotatable bonds is 4. The van der Waals surface area contributed by atoms with Gasteiger partial charge in [-0.2, -0.15) is 0 Å². The number of carbonyl (C=O) groups is 1. The molecule has 1 aliphatic heterocycles. The van der Waals surface area contributed by atoms with Crippen LogP contribution in [0.1, 0.15) is 30.6 Å². The highest BCUT2D eigenvalue weighted by molar-refractivity contribution is 6.29. The summed E-state index contributed by atoms with van der Waals surface area (Å²) in [6, 6.07) is 3.64. The molecule has 21 heavy (non-hydrogen) atoms. The molecule has 0 saturated carbocycles. The number of aromatic nitrogens is 1. The van der Waals surface area contributed by atoms with Gasteiger partial charge in [0.25, 0.3) is 5.91 Å². The topological polar surface area (TPSA) is 48.5 Å². The van der Waals surface area contributed by atoms with E-state index in [-0.39, 0.29) is 11.9 Å². The number of anilines is 1. The first-order chi connectivity index (χ1) is 10.0. The van der Waals surface area contributed by atoms with Crippen LogP contribution < -0.4 is 5.32 Å². The van der Waals surface area contributed by atoms with Crippen LogP contribution in [0.5, 0.6) is 0 Å². The molecule has 5 nitrogen and oxygen atoms in total. The number of amides is 1. The second-order valence-electron chi connectivity index (χ2n) is 5.60. The molecule has 1 saturated heterocycles. The van der Waals surface area contributed by atoms with Crippen molar-refractivity contribution in [3.63, 3.8) is 0 Å². The first-order valence-electron chi connectivity index (χ1n) is 7.42. The lowest BCUT2D eigenvalue weighted by Gasteiger charge is -2.38. The van der Waals surface area contributed by atoms with Crippen LogP contribution in [-0.4, -0.2) is 60.0 Å². The van der Waals surface area contributed by atoms with Gasteiger partial charge in [-0.1, -0.05) is 18.5 Å². The number of piperazine rings is 1.